The highest BCUT2D eigenvalue weighted by atomic mass is 35.5. The summed E-state index contributed by atoms with van der Waals surface area (Å²) in [6.07, 6.45) is 0.544. The van der Waals surface area contributed by atoms with E-state index in [-0.39, 0.29) is 15.5 Å². The monoisotopic (exact) mass is 411 g/mol. The molecular weight excluding hydrogens is 390 g/mol. The minimum Gasteiger partial charge on any atom is -0.496 e. The topological polar surface area (TPSA) is 81.7 Å². The quantitative estimate of drug-likeness (QED) is 0.699. The molecule has 0 aliphatic heterocycles. The highest BCUT2D eigenvalue weighted by Gasteiger charge is 2.23. The number of hydrogen-bond donors (Lipinski definition) is 1. The third kappa shape index (κ3) is 4.80. The number of carbonyl (C=O) groups is 1. The second-order valence-electron chi connectivity index (χ2n) is 5.94. The van der Waals surface area contributed by atoms with Gasteiger partial charge in [-0.3, -0.25) is 0 Å². The van der Waals surface area contributed by atoms with Crippen molar-refractivity contribution < 1.29 is 22.7 Å². The van der Waals surface area contributed by atoms with Gasteiger partial charge in [0.15, 0.2) is 0 Å². The van der Waals surface area contributed by atoms with E-state index in [2.05, 4.69) is 9.46 Å². The molecule has 8 heteroatoms. The van der Waals surface area contributed by atoms with Crippen molar-refractivity contribution in [3.05, 3.63) is 58.1 Å². The molecule has 0 aliphatic carbocycles. The van der Waals surface area contributed by atoms with Gasteiger partial charge in [-0.05, 0) is 48.7 Å². The Balaban J connectivity index is 2.36. The molecule has 0 aromatic heterocycles. The maximum Gasteiger partial charge on any atom is 0.339 e. The highest BCUT2D eigenvalue weighted by molar-refractivity contribution is 7.89. The van der Waals surface area contributed by atoms with Crippen molar-refractivity contribution in [1.82, 2.24) is 4.72 Å². The predicted octanol–water partition coefficient (Wildman–Crippen LogP) is 3.87. The van der Waals surface area contributed by atoms with Crippen LogP contribution in [0.5, 0.6) is 5.75 Å². The van der Waals surface area contributed by atoms with Crippen molar-refractivity contribution in [2.45, 2.75) is 31.2 Å². The number of esters is 1. The number of benzene rings is 2. The van der Waals surface area contributed by atoms with Crippen LogP contribution in [0.2, 0.25) is 5.02 Å². The summed E-state index contributed by atoms with van der Waals surface area (Å²) >= 11 is 5.97. The van der Waals surface area contributed by atoms with Gasteiger partial charge in [0, 0.05) is 6.04 Å². The summed E-state index contributed by atoms with van der Waals surface area (Å²) in [5.41, 5.74) is 1.73. The summed E-state index contributed by atoms with van der Waals surface area (Å²) in [5.74, 6) is 0.0340. The lowest BCUT2D eigenvalue weighted by atomic mass is 10.0. The molecular formula is C19H22ClNO5S. The number of methoxy groups -OCH3 is 2. The molecule has 2 rings (SSSR count). The summed E-state index contributed by atoms with van der Waals surface area (Å²) < 4.78 is 38.2. The zero-order valence-corrected chi connectivity index (χ0v) is 17.1. The Kier molecular flexibility index (Phi) is 6.86. The zero-order chi connectivity index (χ0) is 20.2. The van der Waals surface area contributed by atoms with Crippen LogP contribution in [0.15, 0.2) is 41.3 Å². The number of hydrogen-bond acceptors (Lipinski definition) is 5. The first-order valence-electron chi connectivity index (χ1n) is 8.28. The van der Waals surface area contributed by atoms with E-state index in [1.54, 1.807) is 13.2 Å². The van der Waals surface area contributed by atoms with Crippen LogP contribution in [0.1, 0.15) is 40.9 Å². The SMILES string of the molecule is CC[C@H](NS(=O)(=O)c1ccc(Cl)c(C(=O)OC)c1)c1ccc(OC)c(C)c1. The van der Waals surface area contributed by atoms with Crippen molar-refractivity contribution in [1.29, 1.82) is 0 Å². The number of nitrogens with one attached hydrogen (secondary N) is 1. The van der Waals surface area contributed by atoms with Crippen LogP contribution in [0.4, 0.5) is 0 Å². The number of carbonyl (C=O) groups excluding carboxylic acids is 1. The maximum absolute atomic E-state index is 12.8. The van der Waals surface area contributed by atoms with Crippen LogP contribution in [-0.4, -0.2) is 28.6 Å². The van der Waals surface area contributed by atoms with E-state index < -0.39 is 22.0 Å². The summed E-state index contributed by atoms with van der Waals surface area (Å²) in [6, 6.07) is 9.00. The average molecular weight is 412 g/mol. The Hall–Kier alpha value is -2.09. The minimum absolute atomic E-state index is 0.00428. The molecule has 1 N–H and O–H groups in total. The summed E-state index contributed by atoms with van der Waals surface area (Å²) in [5, 5.41) is 0.124. The Morgan fingerprint density at radius 2 is 1.89 bits per heavy atom. The predicted molar refractivity (Wildman–Crippen MR) is 104 cm³/mol. The first-order valence-corrected chi connectivity index (χ1v) is 10.1. The van der Waals surface area contributed by atoms with Crippen LogP contribution in [-0.2, 0) is 14.8 Å². The molecule has 0 unspecified atom stereocenters. The van der Waals surface area contributed by atoms with Crippen LogP contribution >= 0.6 is 11.6 Å². The molecule has 0 heterocycles. The third-order valence-electron chi connectivity index (χ3n) is 4.18. The van der Waals surface area contributed by atoms with Crippen molar-refractivity contribution in [3.63, 3.8) is 0 Å². The summed E-state index contributed by atoms with van der Waals surface area (Å²) in [7, 11) is -1.09. The number of aryl methyl sites for hydroxylation is 1. The van der Waals surface area contributed by atoms with E-state index in [1.165, 1.54) is 25.3 Å². The van der Waals surface area contributed by atoms with Gasteiger partial charge in [-0.2, -0.15) is 0 Å². The van der Waals surface area contributed by atoms with Crippen LogP contribution in [0.25, 0.3) is 0 Å². The van der Waals surface area contributed by atoms with E-state index in [0.717, 1.165) is 16.9 Å². The number of sulfonamides is 1. The standard InChI is InChI=1S/C19H22ClNO5S/c1-5-17(13-6-9-18(25-3)12(2)10-13)21-27(23,24)14-7-8-16(20)15(11-14)19(22)26-4/h6-11,17,21H,5H2,1-4H3/t17-/m0/s1. The smallest absolute Gasteiger partial charge is 0.339 e. The summed E-state index contributed by atoms with van der Waals surface area (Å²) in [4.78, 5) is 11.7. The average Bonchev–Trinajstić information content (AvgIpc) is 2.65. The molecule has 6 nitrogen and oxygen atoms in total. The van der Waals surface area contributed by atoms with Gasteiger partial charge in [0.05, 0.1) is 29.7 Å². The maximum atomic E-state index is 12.8. The molecule has 0 spiro atoms. The Morgan fingerprint density at radius 1 is 1.19 bits per heavy atom. The largest absolute Gasteiger partial charge is 0.496 e. The third-order valence-corrected chi connectivity index (χ3v) is 5.98. The molecule has 2 aromatic rings. The molecule has 0 amide bonds. The molecule has 0 saturated heterocycles. The van der Waals surface area contributed by atoms with Crippen molar-refractivity contribution in [2.75, 3.05) is 14.2 Å². The van der Waals surface area contributed by atoms with Gasteiger partial charge in [-0.1, -0.05) is 30.7 Å². The summed E-state index contributed by atoms with van der Waals surface area (Å²) in [6.45, 7) is 3.78. The molecule has 2 aromatic carbocycles. The molecule has 0 saturated carbocycles. The lowest BCUT2D eigenvalue weighted by Crippen LogP contribution is -2.28. The zero-order valence-electron chi connectivity index (χ0n) is 15.6. The second-order valence-corrected chi connectivity index (χ2v) is 8.07. The van der Waals surface area contributed by atoms with E-state index in [4.69, 9.17) is 16.3 Å². The van der Waals surface area contributed by atoms with Gasteiger partial charge in [0.2, 0.25) is 10.0 Å². The minimum atomic E-state index is -3.88. The Bertz CT molecular complexity index is 943. The van der Waals surface area contributed by atoms with Gasteiger partial charge in [-0.15, -0.1) is 0 Å². The lowest BCUT2D eigenvalue weighted by Gasteiger charge is -2.19. The van der Waals surface area contributed by atoms with Crippen LogP contribution in [0, 0.1) is 6.92 Å². The van der Waals surface area contributed by atoms with Gasteiger partial charge < -0.3 is 9.47 Å². The van der Waals surface area contributed by atoms with Crippen molar-refractivity contribution in [2.24, 2.45) is 0 Å². The van der Waals surface area contributed by atoms with Gasteiger partial charge in [0.25, 0.3) is 0 Å². The molecule has 146 valence electrons. The molecule has 0 aliphatic rings. The second kappa shape index (κ2) is 8.73. The Morgan fingerprint density at radius 3 is 2.44 bits per heavy atom. The first kappa shape index (κ1) is 21.2. The number of halogens is 1. The Labute approximate surface area is 164 Å². The van der Waals surface area contributed by atoms with Crippen molar-refractivity contribution >= 4 is 27.6 Å². The number of ether oxygens (including phenoxy) is 2. The van der Waals surface area contributed by atoms with Gasteiger partial charge in [-0.25, -0.2) is 17.9 Å². The molecule has 0 radical (unpaired) electrons. The fourth-order valence-corrected chi connectivity index (χ4v) is 4.23. The van der Waals surface area contributed by atoms with Crippen LogP contribution in [0.3, 0.4) is 0 Å². The molecule has 27 heavy (non-hydrogen) atoms. The number of rotatable bonds is 7. The van der Waals surface area contributed by atoms with E-state index in [1.807, 2.05) is 26.0 Å². The lowest BCUT2D eigenvalue weighted by molar-refractivity contribution is 0.0600. The fraction of sp³-hybridized carbons (Fsp3) is 0.316. The molecule has 0 bridgehead atoms. The molecule has 0 fully saturated rings. The van der Waals surface area contributed by atoms with Crippen molar-refractivity contribution in [3.8, 4) is 5.75 Å². The van der Waals surface area contributed by atoms with E-state index in [9.17, 15) is 13.2 Å². The van der Waals surface area contributed by atoms with E-state index >= 15 is 0 Å². The van der Waals surface area contributed by atoms with Gasteiger partial charge >= 0.3 is 5.97 Å². The highest BCUT2D eigenvalue weighted by Crippen LogP contribution is 2.27. The molecule has 1 atom stereocenters. The van der Waals surface area contributed by atoms with E-state index in [0.29, 0.717) is 6.42 Å². The van der Waals surface area contributed by atoms with Crippen LogP contribution < -0.4 is 9.46 Å². The van der Waals surface area contributed by atoms with Gasteiger partial charge in [0.1, 0.15) is 5.75 Å². The normalized spacial score (nSPS) is 12.5. The first-order chi connectivity index (χ1) is 12.7. The fourth-order valence-electron chi connectivity index (χ4n) is 2.70.